The van der Waals surface area contributed by atoms with Crippen molar-refractivity contribution < 1.29 is 9.21 Å². The van der Waals surface area contributed by atoms with E-state index in [1.807, 2.05) is 36.2 Å². The van der Waals surface area contributed by atoms with Crippen molar-refractivity contribution in [1.82, 2.24) is 19.7 Å². The molecule has 0 N–H and O–H groups in total. The molecule has 4 rings (SSSR count). The summed E-state index contributed by atoms with van der Waals surface area (Å²) in [5.74, 6) is 1.97. The Bertz CT molecular complexity index is 990. The van der Waals surface area contributed by atoms with E-state index in [4.69, 9.17) is 4.42 Å². The molecule has 6 heteroatoms. The van der Waals surface area contributed by atoms with Gasteiger partial charge >= 0.3 is 0 Å². The van der Waals surface area contributed by atoms with Gasteiger partial charge in [-0.25, -0.2) is 4.98 Å². The van der Waals surface area contributed by atoms with Crippen molar-refractivity contribution >= 4 is 5.91 Å². The molecule has 1 fully saturated rings. The highest BCUT2D eigenvalue weighted by molar-refractivity contribution is 5.93. The SMILES string of the molecule is CC(C)Cc1cc(C(=O)N2CCCC[C@H]2c2ncc(Cc3ccccc3)o2)n(C)n1. The third kappa shape index (κ3) is 4.48. The maximum Gasteiger partial charge on any atom is 0.272 e. The highest BCUT2D eigenvalue weighted by atomic mass is 16.4. The molecule has 1 atom stereocenters. The number of aryl methyl sites for hydroxylation is 1. The summed E-state index contributed by atoms with van der Waals surface area (Å²) in [4.78, 5) is 19.9. The first-order chi connectivity index (χ1) is 14.5. The average Bonchev–Trinajstić information content (AvgIpc) is 3.34. The molecular formula is C24H30N4O2. The summed E-state index contributed by atoms with van der Waals surface area (Å²) in [6.07, 6.45) is 6.30. The van der Waals surface area contributed by atoms with Crippen LogP contribution in [-0.4, -0.2) is 32.1 Å². The number of piperidine rings is 1. The quantitative estimate of drug-likeness (QED) is 0.602. The summed E-state index contributed by atoms with van der Waals surface area (Å²) in [6.45, 7) is 5.03. The Kier molecular flexibility index (Phi) is 6.02. The van der Waals surface area contributed by atoms with Crippen molar-refractivity contribution in [2.24, 2.45) is 13.0 Å². The van der Waals surface area contributed by atoms with Gasteiger partial charge in [0, 0.05) is 20.0 Å². The first-order valence-corrected chi connectivity index (χ1v) is 10.8. The van der Waals surface area contributed by atoms with Gasteiger partial charge in [-0.05, 0) is 43.2 Å². The maximum atomic E-state index is 13.4. The number of hydrogen-bond donors (Lipinski definition) is 0. The second-order valence-electron chi connectivity index (χ2n) is 8.58. The van der Waals surface area contributed by atoms with Crippen molar-refractivity contribution in [2.75, 3.05) is 6.54 Å². The lowest BCUT2D eigenvalue weighted by molar-refractivity contribution is 0.0558. The highest BCUT2D eigenvalue weighted by Gasteiger charge is 2.33. The van der Waals surface area contributed by atoms with Crippen LogP contribution in [0, 0.1) is 5.92 Å². The molecule has 1 amide bonds. The first-order valence-electron chi connectivity index (χ1n) is 10.8. The lowest BCUT2D eigenvalue weighted by atomic mass is 10.0. The Morgan fingerprint density at radius 1 is 1.23 bits per heavy atom. The molecule has 2 aromatic heterocycles. The number of amides is 1. The molecule has 1 aromatic carbocycles. The second kappa shape index (κ2) is 8.86. The van der Waals surface area contributed by atoms with Crippen LogP contribution >= 0.6 is 0 Å². The van der Waals surface area contributed by atoms with E-state index < -0.39 is 0 Å². The van der Waals surface area contributed by atoms with Crippen molar-refractivity contribution in [2.45, 2.75) is 52.0 Å². The molecule has 6 nitrogen and oxygen atoms in total. The van der Waals surface area contributed by atoms with Crippen LogP contribution in [0.25, 0.3) is 0 Å². The number of nitrogens with zero attached hydrogens (tertiary/aromatic N) is 4. The molecule has 30 heavy (non-hydrogen) atoms. The predicted molar refractivity (Wildman–Crippen MR) is 115 cm³/mol. The normalized spacial score (nSPS) is 16.9. The number of carbonyl (C=O) groups excluding carboxylic acids is 1. The molecule has 1 aliphatic heterocycles. The molecule has 0 spiro atoms. The minimum atomic E-state index is -0.126. The van der Waals surface area contributed by atoms with Gasteiger partial charge in [0.05, 0.1) is 11.9 Å². The smallest absolute Gasteiger partial charge is 0.272 e. The molecule has 0 saturated carbocycles. The van der Waals surface area contributed by atoms with E-state index in [1.165, 1.54) is 5.56 Å². The fraction of sp³-hybridized carbons (Fsp3) is 0.458. The summed E-state index contributed by atoms with van der Waals surface area (Å²) in [5.41, 5.74) is 2.78. The summed E-state index contributed by atoms with van der Waals surface area (Å²) >= 11 is 0. The van der Waals surface area contributed by atoms with Gasteiger partial charge in [-0.2, -0.15) is 5.10 Å². The van der Waals surface area contributed by atoms with Crippen molar-refractivity contribution in [3.05, 3.63) is 71.2 Å². The number of rotatable bonds is 6. The van der Waals surface area contributed by atoms with Crippen LogP contribution in [0.4, 0.5) is 0 Å². The zero-order chi connectivity index (χ0) is 21.1. The summed E-state index contributed by atoms with van der Waals surface area (Å²) in [7, 11) is 1.85. The average molecular weight is 407 g/mol. The Morgan fingerprint density at radius 2 is 2.03 bits per heavy atom. The topological polar surface area (TPSA) is 64.2 Å². The molecule has 3 aromatic rings. The fourth-order valence-corrected chi connectivity index (χ4v) is 4.18. The molecule has 1 aliphatic rings. The van der Waals surface area contributed by atoms with Gasteiger partial charge in [-0.15, -0.1) is 0 Å². The zero-order valence-corrected chi connectivity index (χ0v) is 18.0. The molecule has 1 saturated heterocycles. The van der Waals surface area contributed by atoms with Crippen LogP contribution < -0.4 is 0 Å². The minimum absolute atomic E-state index is 0.00696. The Balaban J connectivity index is 1.53. The first kappa shape index (κ1) is 20.4. The van der Waals surface area contributed by atoms with E-state index >= 15 is 0 Å². The number of carbonyl (C=O) groups is 1. The molecule has 3 heterocycles. The monoisotopic (exact) mass is 406 g/mol. The Hall–Kier alpha value is -2.89. The van der Waals surface area contributed by atoms with E-state index in [-0.39, 0.29) is 11.9 Å². The molecule has 0 unspecified atom stereocenters. The maximum absolute atomic E-state index is 13.4. The third-order valence-electron chi connectivity index (χ3n) is 5.61. The second-order valence-corrected chi connectivity index (χ2v) is 8.58. The number of benzene rings is 1. The van der Waals surface area contributed by atoms with Gasteiger partial charge in [0.2, 0.25) is 5.89 Å². The van der Waals surface area contributed by atoms with Crippen molar-refractivity contribution in [3.63, 3.8) is 0 Å². The minimum Gasteiger partial charge on any atom is -0.443 e. The standard InChI is InChI=1S/C24H30N4O2/c1-17(2)13-19-15-22(27(3)26-19)24(29)28-12-8-7-11-21(28)23-25-16-20(30-23)14-18-9-5-4-6-10-18/h4-6,9-10,15-17,21H,7-8,11-14H2,1-3H3/t21-/m0/s1. The van der Waals surface area contributed by atoms with Gasteiger partial charge in [0.15, 0.2) is 0 Å². The Morgan fingerprint density at radius 3 is 2.80 bits per heavy atom. The van der Waals surface area contributed by atoms with Crippen LogP contribution in [0.2, 0.25) is 0 Å². The van der Waals surface area contributed by atoms with Crippen molar-refractivity contribution in [3.8, 4) is 0 Å². The van der Waals surface area contributed by atoms with Crippen LogP contribution in [0.1, 0.15) is 72.5 Å². The molecular weight excluding hydrogens is 376 g/mol. The summed E-state index contributed by atoms with van der Waals surface area (Å²) < 4.78 is 7.81. The lowest BCUT2D eigenvalue weighted by Crippen LogP contribution is -2.39. The number of oxazole rings is 1. The van der Waals surface area contributed by atoms with E-state index in [0.29, 0.717) is 30.5 Å². The largest absolute Gasteiger partial charge is 0.443 e. The number of hydrogen-bond acceptors (Lipinski definition) is 4. The fourth-order valence-electron chi connectivity index (χ4n) is 4.18. The van der Waals surface area contributed by atoms with Gasteiger partial charge in [-0.1, -0.05) is 44.2 Å². The lowest BCUT2D eigenvalue weighted by Gasteiger charge is -2.33. The van der Waals surface area contributed by atoms with Gasteiger partial charge in [0.1, 0.15) is 17.5 Å². The van der Waals surface area contributed by atoms with E-state index in [0.717, 1.165) is 37.1 Å². The molecule has 0 bridgehead atoms. The Labute approximate surface area is 177 Å². The van der Waals surface area contributed by atoms with E-state index in [9.17, 15) is 4.79 Å². The third-order valence-corrected chi connectivity index (χ3v) is 5.61. The molecule has 158 valence electrons. The molecule has 0 aliphatic carbocycles. The van der Waals surface area contributed by atoms with Gasteiger partial charge in [-0.3, -0.25) is 9.48 Å². The van der Waals surface area contributed by atoms with Crippen molar-refractivity contribution in [1.29, 1.82) is 0 Å². The summed E-state index contributed by atoms with van der Waals surface area (Å²) in [6, 6.07) is 12.0. The van der Waals surface area contributed by atoms with Gasteiger partial charge < -0.3 is 9.32 Å². The van der Waals surface area contributed by atoms with Crippen LogP contribution in [0.5, 0.6) is 0 Å². The van der Waals surface area contributed by atoms with Crippen LogP contribution in [-0.2, 0) is 19.9 Å². The van der Waals surface area contributed by atoms with Gasteiger partial charge in [0.25, 0.3) is 5.91 Å². The van der Waals surface area contributed by atoms with Crippen LogP contribution in [0.3, 0.4) is 0 Å². The van der Waals surface area contributed by atoms with E-state index in [2.05, 4.69) is 36.1 Å². The summed E-state index contributed by atoms with van der Waals surface area (Å²) in [5, 5.41) is 4.55. The number of likely N-dealkylation sites (tertiary alicyclic amines) is 1. The predicted octanol–water partition coefficient (Wildman–Crippen LogP) is 4.56. The number of aromatic nitrogens is 3. The molecule has 0 radical (unpaired) electrons. The van der Waals surface area contributed by atoms with Crippen LogP contribution in [0.15, 0.2) is 47.0 Å². The zero-order valence-electron chi connectivity index (χ0n) is 18.0. The highest BCUT2D eigenvalue weighted by Crippen LogP contribution is 2.32. The van der Waals surface area contributed by atoms with E-state index in [1.54, 1.807) is 10.9 Å².